The molecule has 1 aromatic heterocycles. The summed E-state index contributed by atoms with van der Waals surface area (Å²) in [5.74, 6) is -0.840. The summed E-state index contributed by atoms with van der Waals surface area (Å²) in [6.07, 6.45) is -2.34. The van der Waals surface area contributed by atoms with E-state index in [-0.39, 0.29) is 17.1 Å². The molecule has 0 amide bonds. The van der Waals surface area contributed by atoms with Crippen LogP contribution in [0.5, 0.6) is 5.75 Å². The van der Waals surface area contributed by atoms with Crippen molar-refractivity contribution in [2.24, 2.45) is 5.92 Å². The molecule has 0 spiro atoms. The zero-order valence-electron chi connectivity index (χ0n) is 14.0. The van der Waals surface area contributed by atoms with Gasteiger partial charge in [-0.15, -0.1) is 0 Å². The van der Waals surface area contributed by atoms with E-state index in [1.807, 2.05) is 0 Å². The third-order valence-corrected chi connectivity index (χ3v) is 3.58. The minimum atomic E-state index is -4.84. The molecule has 1 N–H and O–H groups in total. The quantitative estimate of drug-likeness (QED) is 0.430. The molecule has 2 aromatic rings. The number of halogens is 4. The second-order valence-corrected chi connectivity index (χ2v) is 6.12. The van der Waals surface area contributed by atoms with Crippen molar-refractivity contribution in [3.8, 4) is 5.75 Å². The molecular formula is C16H13ClF3N3O4. The number of hydrogen-bond acceptors (Lipinski definition) is 6. The molecule has 11 heteroatoms. The molecule has 2 rings (SSSR count). The highest BCUT2D eigenvalue weighted by Gasteiger charge is 2.36. The first-order valence-electron chi connectivity index (χ1n) is 7.48. The lowest BCUT2D eigenvalue weighted by Gasteiger charge is -2.13. The van der Waals surface area contributed by atoms with Gasteiger partial charge in [-0.2, -0.15) is 13.2 Å². The Hall–Kier alpha value is -2.88. The number of nitrogens with zero attached hydrogens (tertiary/aromatic N) is 2. The van der Waals surface area contributed by atoms with E-state index in [1.165, 1.54) is 18.5 Å². The van der Waals surface area contributed by atoms with Gasteiger partial charge in [-0.3, -0.25) is 19.9 Å². The first-order valence-corrected chi connectivity index (χ1v) is 7.85. The SMILES string of the molecule is CC(C)C(=O)Oc1cncc(Nc2cc(Cl)c(C(F)(F)F)cc2[N+](=O)[O-])c1. The largest absolute Gasteiger partial charge is 0.425 e. The summed E-state index contributed by atoms with van der Waals surface area (Å²) in [6, 6.07) is 2.47. The van der Waals surface area contributed by atoms with Crippen LogP contribution in [0.3, 0.4) is 0 Å². The zero-order chi connectivity index (χ0) is 20.4. The Labute approximate surface area is 156 Å². The standard InChI is InChI=1S/C16H13ClF3N3O4/c1-8(2)15(24)27-10-3-9(6-21-7-10)22-13-5-12(17)11(16(18,19)20)4-14(13)23(25)26/h3-8,22H,1-2H3. The Balaban J connectivity index is 2.38. The third kappa shape index (κ3) is 5.07. The van der Waals surface area contributed by atoms with Crippen LogP contribution in [0.4, 0.5) is 30.2 Å². The molecular weight excluding hydrogens is 391 g/mol. The molecule has 0 unspecified atom stereocenters. The molecule has 0 radical (unpaired) electrons. The Morgan fingerprint density at radius 2 is 1.96 bits per heavy atom. The van der Waals surface area contributed by atoms with Crippen molar-refractivity contribution in [3.05, 3.63) is 51.3 Å². The number of hydrogen-bond donors (Lipinski definition) is 1. The molecule has 0 aliphatic heterocycles. The van der Waals surface area contributed by atoms with Gasteiger partial charge in [-0.25, -0.2) is 0 Å². The van der Waals surface area contributed by atoms with Crippen LogP contribution in [0.25, 0.3) is 0 Å². The van der Waals surface area contributed by atoms with E-state index >= 15 is 0 Å². The highest BCUT2D eigenvalue weighted by Crippen LogP contribution is 2.41. The van der Waals surface area contributed by atoms with Crippen molar-refractivity contribution in [1.29, 1.82) is 0 Å². The lowest BCUT2D eigenvalue weighted by molar-refractivity contribution is -0.384. The van der Waals surface area contributed by atoms with Crippen LogP contribution in [0.1, 0.15) is 19.4 Å². The lowest BCUT2D eigenvalue weighted by atomic mass is 10.1. The lowest BCUT2D eigenvalue weighted by Crippen LogP contribution is -2.14. The second kappa shape index (κ2) is 7.78. The number of nitrogens with one attached hydrogen (secondary N) is 1. The molecule has 0 aliphatic carbocycles. The van der Waals surface area contributed by atoms with E-state index in [0.717, 1.165) is 6.07 Å². The Morgan fingerprint density at radius 1 is 1.30 bits per heavy atom. The maximum Gasteiger partial charge on any atom is 0.418 e. The number of carbonyl (C=O) groups excluding carboxylic acids is 1. The van der Waals surface area contributed by atoms with Crippen molar-refractivity contribution in [2.75, 3.05) is 5.32 Å². The van der Waals surface area contributed by atoms with Gasteiger partial charge in [0.2, 0.25) is 0 Å². The van der Waals surface area contributed by atoms with Gasteiger partial charge in [-0.1, -0.05) is 25.4 Å². The minimum Gasteiger partial charge on any atom is -0.425 e. The molecule has 0 saturated heterocycles. The van der Waals surface area contributed by atoms with E-state index in [2.05, 4.69) is 10.3 Å². The minimum absolute atomic E-state index is 0.0689. The number of anilines is 2. The normalized spacial score (nSPS) is 11.4. The Kier molecular flexibility index (Phi) is 5.89. The summed E-state index contributed by atoms with van der Waals surface area (Å²) in [4.78, 5) is 25.6. The second-order valence-electron chi connectivity index (χ2n) is 5.71. The number of rotatable bonds is 5. The van der Waals surface area contributed by atoms with Crippen molar-refractivity contribution < 1.29 is 27.6 Å². The number of esters is 1. The van der Waals surface area contributed by atoms with E-state index in [9.17, 15) is 28.1 Å². The van der Waals surface area contributed by atoms with Gasteiger partial charge >= 0.3 is 12.1 Å². The van der Waals surface area contributed by atoms with Crippen LogP contribution < -0.4 is 10.1 Å². The van der Waals surface area contributed by atoms with E-state index in [1.54, 1.807) is 13.8 Å². The van der Waals surface area contributed by atoms with Crippen LogP contribution >= 0.6 is 11.6 Å². The zero-order valence-corrected chi connectivity index (χ0v) is 14.8. The average molecular weight is 404 g/mol. The van der Waals surface area contributed by atoms with Crippen LogP contribution in [0.15, 0.2) is 30.6 Å². The first kappa shape index (κ1) is 20.4. The molecule has 1 heterocycles. The van der Waals surface area contributed by atoms with Gasteiger partial charge in [0, 0.05) is 12.1 Å². The number of alkyl halides is 3. The maximum atomic E-state index is 12.9. The summed E-state index contributed by atoms with van der Waals surface area (Å²) >= 11 is 5.62. The van der Waals surface area contributed by atoms with Gasteiger partial charge in [-0.05, 0) is 6.07 Å². The summed E-state index contributed by atoms with van der Waals surface area (Å²) in [7, 11) is 0. The molecule has 144 valence electrons. The average Bonchev–Trinajstić information content (AvgIpc) is 2.53. The Morgan fingerprint density at radius 3 is 2.52 bits per heavy atom. The van der Waals surface area contributed by atoms with Crippen molar-refractivity contribution in [1.82, 2.24) is 4.98 Å². The number of pyridine rings is 1. The Bertz CT molecular complexity index is 888. The van der Waals surface area contributed by atoms with Crippen LogP contribution in [-0.4, -0.2) is 15.9 Å². The fourth-order valence-corrected chi connectivity index (χ4v) is 2.23. The molecule has 0 bridgehead atoms. The predicted octanol–water partition coefficient (Wildman–Crippen LogP) is 4.97. The van der Waals surface area contributed by atoms with Crippen molar-refractivity contribution in [2.45, 2.75) is 20.0 Å². The molecule has 1 aromatic carbocycles. The van der Waals surface area contributed by atoms with Gasteiger partial charge in [0.05, 0.1) is 39.5 Å². The topological polar surface area (TPSA) is 94.4 Å². The molecule has 7 nitrogen and oxygen atoms in total. The first-order chi connectivity index (χ1) is 12.5. The molecule has 0 atom stereocenters. The molecule has 0 fully saturated rings. The third-order valence-electron chi connectivity index (χ3n) is 3.27. The van der Waals surface area contributed by atoms with E-state index < -0.39 is 39.3 Å². The number of nitro benzene ring substituents is 1. The van der Waals surface area contributed by atoms with Gasteiger partial charge in [0.25, 0.3) is 5.69 Å². The number of ether oxygens (including phenoxy) is 1. The van der Waals surface area contributed by atoms with Crippen molar-refractivity contribution in [3.63, 3.8) is 0 Å². The van der Waals surface area contributed by atoms with Crippen LogP contribution in [-0.2, 0) is 11.0 Å². The highest BCUT2D eigenvalue weighted by atomic mass is 35.5. The summed E-state index contributed by atoms with van der Waals surface area (Å²) < 4.78 is 43.8. The maximum absolute atomic E-state index is 12.9. The van der Waals surface area contributed by atoms with E-state index in [4.69, 9.17) is 16.3 Å². The van der Waals surface area contributed by atoms with Gasteiger partial charge in [0.15, 0.2) is 5.75 Å². The molecule has 0 saturated carbocycles. The van der Waals surface area contributed by atoms with Crippen molar-refractivity contribution >= 4 is 34.6 Å². The molecule has 0 aliphatic rings. The predicted molar refractivity (Wildman–Crippen MR) is 91.1 cm³/mol. The number of nitro groups is 1. The monoisotopic (exact) mass is 403 g/mol. The van der Waals surface area contributed by atoms with E-state index in [0.29, 0.717) is 6.07 Å². The summed E-state index contributed by atoms with van der Waals surface area (Å²) in [6.45, 7) is 3.26. The van der Waals surface area contributed by atoms with Crippen LogP contribution in [0.2, 0.25) is 5.02 Å². The van der Waals surface area contributed by atoms with Crippen LogP contribution in [0, 0.1) is 16.0 Å². The number of benzene rings is 1. The number of aromatic nitrogens is 1. The number of carbonyl (C=O) groups is 1. The van der Waals surface area contributed by atoms with Gasteiger partial charge < -0.3 is 10.1 Å². The summed E-state index contributed by atoms with van der Waals surface area (Å²) in [5.41, 5.74) is -2.26. The molecule has 27 heavy (non-hydrogen) atoms. The smallest absolute Gasteiger partial charge is 0.418 e. The van der Waals surface area contributed by atoms with Gasteiger partial charge in [0.1, 0.15) is 5.69 Å². The summed E-state index contributed by atoms with van der Waals surface area (Å²) in [5, 5.41) is 13.0. The highest BCUT2D eigenvalue weighted by molar-refractivity contribution is 6.31. The fourth-order valence-electron chi connectivity index (χ4n) is 1.96. The fraction of sp³-hybridized carbons (Fsp3) is 0.250.